The highest BCUT2D eigenvalue weighted by Gasteiger charge is 2.20. The second-order valence-electron chi connectivity index (χ2n) is 5.97. The largest absolute Gasteiger partial charge is 0.485 e. The van der Waals surface area contributed by atoms with Crippen LogP contribution in [0.5, 0.6) is 5.75 Å². The van der Waals surface area contributed by atoms with E-state index >= 15 is 0 Å². The van der Waals surface area contributed by atoms with Crippen LogP contribution in [0.4, 0.5) is 0 Å². The van der Waals surface area contributed by atoms with Crippen LogP contribution in [0.2, 0.25) is 0 Å². The lowest BCUT2D eigenvalue weighted by Gasteiger charge is -2.17. The highest BCUT2D eigenvalue weighted by atomic mass is 32.1. The Labute approximate surface area is 134 Å². The van der Waals surface area contributed by atoms with Gasteiger partial charge >= 0.3 is 0 Å². The summed E-state index contributed by atoms with van der Waals surface area (Å²) in [7, 11) is 0. The molecule has 2 aromatic heterocycles. The van der Waals surface area contributed by atoms with Crippen molar-refractivity contribution in [2.45, 2.75) is 33.8 Å². The minimum Gasteiger partial charge on any atom is -0.485 e. The molecule has 0 saturated heterocycles. The van der Waals surface area contributed by atoms with Gasteiger partial charge in [0.1, 0.15) is 17.4 Å². The van der Waals surface area contributed by atoms with Crippen LogP contribution in [0.1, 0.15) is 31.5 Å². The number of thiazole rings is 1. The lowest BCUT2D eigenvalue weighted by Crippen LogP contribution is -2.35. The van der Waals surface area contributed by atoms with Crippen LogP contribution < -0.4 is 10.1 Å². The molecule has 0 spiro atoms. The summed E-state index contributed by atoms with van der Waals surface area (Å²) >= 11 is 1.56. The third-order valence-electron chi connectivity index (χ3n) is 2.94. The molecule has 2 aromatic rings. The summed E-state index contributed by atoms with van der Waals surface area (Å²) in [6, 6.07) is 3.70. The summed E-state index contributed by atoms with van der Waals surface area (Å²) in [5, 5.41) is 5.85. The van der Waals surface area contributed by atoms with Crippen molar-refractivity contribution in [3.8, 4) is 5.75 Å². The molecular weight excluding hydrogens is 298 g/mol. The Kier molecular flexibility index (Phi) is 5.49. The van der Waals surface area contributed by atoms with Gasteiger partial charge in [-0.05, 0) is 12.1 Å². The van der Waals surface area contributed by atoms with Gasteiger partial charge in [0.15, 0.2) is 0 Å². The maximum Gasteiger partial charge on any atom is 0.225 e. The molecule has 1 amide bonds. The van der Waals surface area contributed by atoms with Crippen molar-refractivity contribution in [1.82, 2.24) is 15.3 Å². The number of hydrogen-bond acceptors (Lipinski definition) is 5. The van der Waals surface area contributed by atoms with Crippen molar-refractivity contribution in [2.75, 3.05) is 6.54 Å². The molecule has 2 rings (SSSR count). The van der Waals surface area contributed by atoms with Crippen LogP contribution in [0.15, 0.2) is 29.9 Å². The number of hydrogen-bond donors (Lipinski definition) is 1. The number of amides is 1. The zero-order chi connectivity index (χ0) is 16.0. The maximum absolute atomic E-state index is 11.8. The van der Waals surface area contributed by atoms with E-state index in [4.69, 9.17) is 4.74 Å². The Balaban J connectivity index is 1.76. The lowest BCUT2D eigenvalue weighted by molar-refractivity contribution is -0.128. The predicted molar refractivity (Wildman–Crippen MR) is 86.9 cm³/mol. The molecule has 6 heteroatoms. The number of pyridine rings is 1. The molecule has 0 aliphatic rings. The first-order valence-corrected chi connectivity index (χ1v) is 8.07. The third kappa shape index (κ3) is 5.11. The van der Waals surface area contributed by atoms with E-state index in [9.17, 15) is 4.79 Å². The lowest BCUT2D eigenvalue weighted by atomic mass is 9.96. The van der Waals surface area contributed by atoms with Gasteiger partial charge in [0.25, 0.3) is 0 Å². The number of aromatic nitrogens is 2. The summed E-state index contributed by atoms with van der Waals surface area (Å²) in [5.74, 6) is 0.791. The van der Waals surface area contributed by atoms with Crippen molar-refractivity contribution < 1.29 is 9.53 Å². The van der Waals surface area contributed by atoms with Crippen LogP contribution in [0.25, 0.3) is 0 Å². The van der Waals surface area contributed by atoms with Gasteiger partial charge in [-0.25, -0.2) is 4.98 Å². The second kappa shape index (κ2) is 7.35. The minimum absolute atomic E-state index is 0.0582. The van der Waals surface area contributed by atoms with Gasteiger partial charge < -0.3 is 10.1 Å². The fourth-order valence-corrected chi connectivity index (χ4v) is 2.42. The van der Waals surface area contributed by atoms with Crippen LogP contribution in [-0.4, -0.2) is 22.4 Å². The molecule has 118 valence electrons. The molecule has 22 heavy (non-hydrogen) atoms. The molecule has 0 aromatic carbocycles. The van der Waals surface area contributed by atoms with E-state index in [0.29, 0.717) is 13.2 Å². The minimum atomic E-state index is -0.356. The van der Waals surface area contributed by atoms with E-state index in [2.05, 4.69) is 15.3 Å². The molecule has 0 bridgehead atoms. The number of carbonyl (C=O) groups is 1. The molecule has 0 fully saturated rings. The molecule has 2 heterocycles. The van der Waals surface area contributed by atoms with Gasteiger partial charge in [-0.1, -0.05) is 20.8 Å². The first kappa shape index (κ1) is 16.4. The molecular formula is C16H21N3O2S. The Morgan fingerprint density at radius 3 is 2.91 bits per heavy atom. The average Bonchev–Trinajstić information content (AvgIpc) is 2.93. The molecule has 0 saturated carbocycles. The maximum atomic E-state index is 11.8. The van der Waals surface area contributed by atoms with Crippen LogP contribution in [-0.2, 0) is 17.8 Å². The standard InChI is InChI=1S/C16H21N3O2S/c1-16(2,3)15(20)18-8-6-12-11-22-14(19-12)10-21-13-5-4-7-17-9-13/h4-5,7,9,11H,6,8,10H2,1-3H3,(H,18,20). The zero-order valence-corrected chi connectivity index (χ0v) is 13.9. The number of ether oxygens (including phenoxy) is 1. The molecule has 0 atom stereocenters. The predicted octanol–water partition coefficient (Wildman–Crippen LogP) is 2.82. The van der Waals surface area contributed by atoms with Crippen molar-refractivity contribution in [2.24, 2.45) is 5.41 Å². The van der Waals surface area contributed by atoms with Crippen LogP contribution in [0.3, 0.4) is 0 Å². The second-order valence-corrected chi connectivity index (χ2v) is 6.91. The van der Waals surface area contributed by atoms with Crippen molar-refractivity contribution in [1.29, 1.82) is 0 Å². The Morgan fingerprint density at radius 2 is 2.23 bits per heavy atom. The highest BCUT2D eigenvalue weighted by molar-refractivity contribution is 7.09. The monoisotopic (exact) mass is 319 g/mol. The molecule has 5 nitrogen and oxygen atoms in total. The first-order chi connectivity index (χ1) is 10.4. The number of carbonyl (C=O) groups excluding carboxylic acids is 1. The molecule has 0 radical (unpaired) electrons. The Morgan fingerprint density at radius 1 is 1.41 bits per heavy atom. The summed E-state index contributed by atoms with van der Waals surface area (Å²) in [6.45, 7) is 6.74. The summed E-state index contributed by atoms with van der Waals surface area (Å²) in [6.07, 6.45) is 4.11. The van der Waals surface area contributed by atoms with E-state index in [1.165, 1.54) is 0 Å². The molecule has 0 unspecified atom stereocenters. The quantitative estimate of drug-likeness (QED) is 0.889. The van der Waals surface area contributed by atoms with Crippen LogP contribution >= 0.6 is 11.3 Å². The highest BCUT2D eigenvalue weighted by Crippen LogP contribution is 2.15. The van der Waals surface area contributed by atoms with E-state index in [0.717, 1.165) is 22.9 Å². The molecule has 0 aliphatic heterocycles. The summed E-state index contributed by atoms with van der Waals surface area (Å²) in [5.41, 5.74) is 0.620. The van der Waals surface area contributed by atoms with Crippen LogP contribution in [0, 0.1) is 5.41 Å². The van der Waals surface area contributed by atoms with E-state index in [1.54, 1.807) is 23.7 Å². The van der Waals surface area contributed by atoms with Gasteiger partial charge in [0, 0.05) is 30.0 Å². The fraction of sp³-hybridized carbons (Fsp3) is 0.438. The number of rotatable bonds is 6. The average molecular weight is 319 g/mol. The number of nitrogens with zero attached hydrogens (tertiary/aromatic N) is 2. The van der Waals surface area contributed by atoms with Crippen molar-refractivity contribution >= 4 is 17.2 Å². The van der Waals surface area contributed by atoms with Gasteiger partial charge in [0.05, 0.1) is 11.9 Å². The topological polar surface area (TPSA) is 64.1 Å². The summed E-state index contributed by atoms with van der Waals surface area (Å²) in [4.78, 5) is 20.3. The van der Waals surface area contributed by atoms with E-state index in [-0.39, 0.29) is 11.3 Å². The van der Waals surface area contributed by atoms with E-state index < -0.39 is 0 Å². The molecule has 1 N–H and O–H groups in total. The van der Waals surface area contributed by atoms with Crippen molar-refractivity contribution in [3.63, 3.8) is 0 Å². The third-order valence-corrected chi connectivity index (χ3v) is 3.82. The Bertz CT molecular complexity index is 605. The van der Waals surface area contributed by atoms with Gasteiger partial charge in [0.2, 0.25) is 5.91 Å². The number of nitrogens with one attached hydrogen (secondary N) is 1. The smallest absolute Gasteiger partial charge is 0.225 e. The van der Waals surface area contributed by atoms with Crippen molar-refractivity contribution in [3.05, 3.63) is 40.6 Å². The SMILES string of the molecule is CC(C)(C)C(=O)NCCc1csc(COc2cccnc2)n1. The fourth-order valence-electron chi connectivity index (χ4n) is 1.68. The summed E-state index contributed by atoms with van der Waals surface area (Å²) < 4.78 is 5.61. The van der Waals surface area contributed by atoms with E-state index in [1.807, 2.05) is 38.3 Å². The van der Waals surface area contributed by atoms with Gasteiger partial charge in [-0.15, -0.1) is 11.3 Å². The Hall–Kier alpha value is -1.95. The van der Waals surface area contributed by atoms with Gasteiger partial charge in [-0.2, -0.15) is 0 Å². The van der Waals surface area contributed by atoms with Gasteiger partial charge in [-0.3, -0.25) is 9.78 Å². The normalized spacial score (nSPS) is 11.2. The zero-order valence-electron chi connectivity index (χ0n) is 13.1. The first-order valence-electron chi connectivity index (χ1n) is 7.19. The molecule has 0 aliphatic carbocycles.